The lowest BCUT2D eigenvalue weighted by Crippen LogP contribution is -2.48. The molecule has 3 rings (SSSR count). The Morgan fingerprint density at radius 2 is 1.95 bits per heavy atom. The van der Waals surface area contributed by atoms with Gasteiger partial charge in [0.25, 0.3) is 0 Å². The van der Waals surface area contributed by atoms with Crippen molar-refractivity contribution >= 4 is 0 Å². The average molecular weight is 276 g/mol. The fourth-order valence-corrected chi connectivity index (χ4v) is 3.85. The Morgan fingerprint density at radius 1 is 1.25 bits per heavy atom. The van der Waals surface area contributed by atoms with Gasteiger partial charge >= 0.3 is 0 Å². The molecule has 0 radical (unpaired) electrons. The van der Waals surface area contributed by atoms with E-state index in [1.807, 2.05) is 6.07 Å². The highest BCUT2D eigenvalue weighted by molar-refractivity contribution is 5.26. The third-order valence-corrected chi connectivity index (χ3v) is 5.06. The average Bonchev–Trinajstić information content (AvgIpc) is 2.78. The molecular weight excluding hydrogens is 251 g/mol. The number of hydrogen-bond acceptors (Lipinski definition) is 2. The Kier molecular flexibility index (Phi) is 4.08. The van der Waals surface area contributed by atoms with Crippen LogP contribution in [0.4, 0.5) is 4.39 Å². The minimum atomic E-state index is -0.118. The highest BCUT2D eigenvalue weighted by atomic mass is 19.1. The first kappa shape index (κ1) is 14.0. The van der Waals surface area contributed by atoms with Crippen LogP contribution in [-0.2, 0) is 6.54 Å². The maximum absolute atomic E-state index is 13.4. The zero-order valence-corrected chi connectivity index (χ0v) is 12.5. The Balaban J connectivity index is 1.72. The van der Waals surface area contributed by atoms with Crippen molar-refractivity contribution in [2.45, 2.75) is 64.2 Å². The summed E-state index contributed by atoms with van der Waals surface area (Å²) in [6.07, 6.45) is 5.16. The summed E-state index contributed by atoms with van der Waals surface area (Å²) in [5.74, 6) is -0.118. The van der Waals surface area contributed by atoms with Crippen LogP contribution in [0.25, 0.3) is 0 Å². The maximum Gasteiger partial charge on any atom is 0.123 e. The summed E-state index contributed by atoms with van der Waals surface area (Å²) >= 11 is 0. The van der Waals surface area contributed by atoms with Gasteiger partial charge < -0.3 is 5.32 Å². The number of aryl methyl sites for hydroxylation is 1. The number of halogens is 1. The summed E-state index contributed by atoms with van der Waals surface area (Å²) in [4.78, 5) is 2.54. The van der Waals surface area contributed by atoms with E-state index in [2.05, 4.69) is 24.1 Å². The van der Waals surface area contributed by atoms with Crippen molar-refractivity contribution in [2.24, 2.45) is 0 Å². The first-order valence-corrected chi connectivity index (χ1v) is 7.91. The third-order valence-electron chi connectivity index (χ3n) is 5.06. The fourth-order valence-electron chi connectivity index (χ4n) is 3.85. The molecule has 2 nitrogen and oxygen atoms in total. The number of nitrogens with zero attached hydrogens (tertiary/aromatic N) is 1. The molecule has 2 saturated heterocycles. The van der Waals surface area contributed by atoms with Gasteiger partial charge in [-0.3, -0.25) is 4.90 Å². The zero-order chi connectivity index (χ0) is 14.1. The summed E-state index contributed by atoms with van der Waals surface area (Å²) in [6.45, 7) is 6.22. The van der Waals surface area contributed by atoms with Crippen LogP contribution in [0.3, 0.4) is 0 Å². The maximum atomic E-state index is 13.4. The summed E-state index contributed by atoms with van der Waals surface area (Å²) in [7, 11) is 0. The van der Waals surface area contributed by atoms with Crippen LogP contribution in [0.15, 0.2) is 18.2 Å². The summed E-state index contributed by atoms with van der Waals surface area (Å²) < 4.78 is 13.4. The second-order valence-corrected chi connectivity index (χ2v) is 6.40. The van der Waals surface area contributed by atoms with Gasteiger partial charge in [0, 0.05) is 24.7 Å². The predicted octanol–water partition coefficient (Wildman–Crippen LogP) is 3.24. The van der Waals surface area contributed by atoms with Crippen molar-refractivity contribution in [1.29, 1.82) is 0 Å². The lowest BCUT2D eigenvalue weighted by atomic mass is 9.97. The molecule has 1 aromatic rings. The van der Waals surface area contributed by atoms with Crippen LogP contribution in [0, 0.1) is 12.7 Å². The van der Waals surface area contributed by atoms with Crippen molar-refractivity contribution in [1.82, 2.24) is 10.2 Å². The number of nitrogens with one attached hydrogen (secondary N) is 1. The minimum Gasteiger partial charge on any atom is -0.311 e. The minimum absolute atomic E-state index is 0.118. The number of hydrogen-bond donors (Lipinski definition) is 1. The Hall–Kier alpha value is -0.930. The standard InChI is InChI=1S/C17H25FN2/c1-3-20(11-13-8-14(18)5-4-12(13)2)17-9-15-6-7-16(10-17)19-15/h4-5,8,15-17,19H,3,6-7,9-11H2,1-2H3. The first-order valence-electron chi connectivity index (χ1n) is 7.91. The monoisotopic (exact) mass is 276 g/mol. The van der Waals surface area contributed by atoms with Crippen LogP contribution >= 0.6 is 0 Å². The van der Waals surface area contributed by atoms with Gasteiger partial charge in [0.1, 0.15) is 5.82 Å². The molecule has 0 spiro atoms. The highest BCUT2D eigenvalue weighted by Crippen LogP contribution is 2.30. The van der Waals surface area contributed by atoms with Crippen molar-refractivity contribution < 1.29 is 4.39 Å². The highest BCUT2D eigenvalue weighted by Gasteiger charge is 2.35. The quantitative estimate of drug-likeness (QED) is 0.908. The number of piperidine rings is 1. The third kappa shape index (κ3) is 2.89. The van der Waals surface area contributed by atoms with E-state index in [0.29, 0.717) is 18.1 Å². The molecule has 2 bridgehead atoms. The van der Waals surface area contributed by atoms with Crippen molar-refractivity contribution in [3.8, 4) is 0 Å². The molecule has 0 amide bonds. The molecule has 2 heterocycles. The van der Waals surface area contributed by atoms with Gasteiger partial charge in [-0.25, -0.2) is 4.39 Å². The lowest BCUT2D eigenvalue weighted by Gasteiger charge is -2.37. The smallest absolute Gasteiger partial charge is 0.123 e. The van der Waals surface area contributed by atoms with E-state index in [0.717, 1.165) is 18.7 Å². The molecule has 0 saturated carbocycles. The molecule has 0 aliphatic carbocycles. The topological polar surface area (TPSA) is 15.3 Å². The molecule has 2 aliphatic heterocycles. The second kappa shape index (κ2) is 5.82. The normalized spacial score (nSPS) is 29.1. The summed E-state index contributed by atoms with van der Waals surface area (Å²) in [5.41, 5.74) is 2.33. The van der Waals surface area contributed by atoms with E-state index < -0.39 is 0 Å². The zero-order valence-electron chi connectivity index (χ0n) is 12.5. The van der Waals surface area contributed by atoms with Gasteiger partial charge in [-0.15, -0.1) is 0 Å². The van der Waals surface area contributed by atoms with E-state index >= 15 is 0 Å². The molecule has 110 valence electrons. The Bertz CT molecular complexity index is 462. The van der Waals surface area contributed by atoms with Gasteiger partial charge in [0.15, 0.2) is 0 Å². The fraction of sp³-hybridized carbons (Fsp3) is 0.647. The predicted molar refractivity (Wildman–Crippen MR) is 80.2 cm³/mol. The molecule has 3 heteroatoms. The molecule has 20 heavy (non-hydrogen) atoms. The number of rotatable bonds is 4. The molecule has 2 atom stereocenters. The van der Waals surface area contributed by atoms with Crippen molar-refractivity contribution in [2.75, 3.05) is 6.54 Å². The van der Waals surface area contributed by atoms with E-state index in [9.17, 15) is 4.39 Å². The van der Waals surface area contributed by atoms with E-state index in [-0.39, 0.29) is 5.82 Å². The van der Waals surface area contributed by atoms with Crippen LogP contribution in [0.1, 0.15) is 43.7 Å². The van der Waals surface area contributed by atoms with E-state index in [4.69, 9.17) is 0 Å². The number of benzene rings is 1. The molecular formula is C17H25FN2. The van der Waals surface area contributed by atoms with Crippen LogP contribution in [0.2, 0.25) is 0 Å². The van der Waals surface area contributed by atoms with E-state index in [1.54, 1.807) is 12.1 Å². The largest absolute Gasteiger partial charge is 0.311 e. The molecule has 0 aromatic heterocycles. The van der Waals surface area contributed by atoms with Crippen LogP contribution < -0.4 is 5.32 Å². The van der Waals surface area contributed by atoms with Crippen molar-refractivity contribution in [3.63, 3.8) is 0 Å². The van der Waals surface area contributed by atoms with Crippen molar-refractivity contribution in [3.05, 3.63) is 35.1 Å². The SMILES string of the molecule is CCN(Cc1cc(F)ccc1C)C1CC2CCC(C1)N2. The molecule has 2 fully saturated rings. The molecule has 2 aliphatic rings. The van der Waals surface area contributed by atoms with Gasteiger partial charge in [0.05, 0.1) is 0 Å². The van der Waals surface area contributed by atoms with Gasteiger partial charge in [0.2, 0.25) is 0 Å². The Labute approximate surface area is 121 Å². The van der Waals surface area contributed by atoms with Gasteiger partial charge in [-0.05, 0) is 62.4 Å². The van der Waals surface area contributed by atoms with Crippen LogP contribution in [-0.4, -0.2) is 29.6 Å². The molecule has 1 aromatic carbocycles. The van der Waals surface area contributed by atoms with E-state index in [1.165, 1.54) is 31.2 Å². The lowest BCUT2D eigenvalue weighted by molar-refractivity contribution is 0.140. The van der Waals surface area contributed by atoms with Crippen LogP contribution in [0.5, 0.6) is 0 Å². The molecule has 1 N–H and O–H groups in total. The summed E-state index contributed by atoms with van der Waals surface area (Å²) in [5, 5.41) is 3.70. The van der Waals surface area contributed by atoms with Gasteiger partial charge in [-0.1, -0.05) is 13.0 Å². The molecule has 2 unspecified atom stereocenters. The second-order valence-electron chi connectivity index (χ2n) is 6.40. The summed E-state index contributed by atoms with van der Waals surface area (Å²) in [6, 6.07) is 7.22. The first-order chi connectivity index (χ1) is 9.65. The van der Waals surface area contributed by atoms with Gasteiger partial charge in [-0.2, -0.15) is 0 Å². The number of fused-ring (bicyclic) bond motifs is 2. The Morgan fingerprint density at radius 3 is 2.60 bits per heavy atom.